The molecule has 1 atom stereocenters. The molecule has 1 aliphatic heterocycles. The number of carbonyl (C=O) groups excluding carboxylic acids is 1. The molecule has 0 aliphatic carbocycles. The highest BCUT2D eigenvalue weighted by molar-refractivity contribution is 5.96. The number of hydrogen-bond donors (Lipinski definition) is 3. The van der Waals surface area contributed by atoms with E-state index in [1.807, 2.05) is 0 Å². The quantitative estimate of drug-likeness (QED) is 0.678. The van der Waals surface area contributed by atoms with E-state index in [4.69, 9.17) is 10.5 Å². The van der Waals surface area contributed by atoms with Gasteiger partial charge in [0.1, 0.15) is 0 Å². The van der Waals surface area contributed by atoms with Crippen LogP contribution in [0.2, 0.25) is 0 Å². The van der Waals surface area contributed by atoms with E-state index in [1.165, 1.54) is 0 Å². The van der Waals surface area contributed by atoms with Gasteiger partial charge in [0.05, 0.1) is 24.0 Å². The van der Waals surface area contributed by atoms with Crippen LogP contribution in [0, 0.1) is 0 Å². The summed E-state index contributed by atoms with van der Waals surface area (Å²) in [5, 5.41) is 5.89. The highest BCUT2D eigenvalue weighted by atomic mass is 16.5. The Kier molecular flexibility index (Phi) is 3.49. The number of amides is 1. The van der Waals surface area contributed by atoms with E-state index in [2.05, 4.69) is 10.6 Å². The summed E-state index contributed by atoms with van der Waals surface area (Å²) < 4.78 is 5.29. The number of rotatable bonds is 3. The molecule has 92 valence electrons. The Labute approximate surface area is 100 Å². The van der Waals surface area contributed by atoms with Gasteiger partial charge in [-0.15, -0.1) is 0 Å². The van der Waals surface area contributed by atoms with Gasteiger partial charge in [-0.25, -0.2) is 0 Å². The van der Waals surface area contributed by atoms with Crippen molar-refractivity contribution in [2.45, 2.75) is 12.5 Å². The molecule has 0 saturated carbocycles. The van der Waals surface area contributed by atoms with Gasteiger partial charge in [-0.05, 0) is 24.6 Å². The van der Waals surface area contributed by atoms with Crippen LogP contribution in [0.25, 0.3) is 0 Å². The first-order valence-electron chi connectivity index (χ1n) is 5.66. The number of hydrogen-bond acceptors (Lipinski definition) is 4. The summed E-state index contributed by atoms with van der Waals surface area (Å²) in [6.45, 7) is 1.45. The Bertz CT molecular complexity index is 414. The molecule has 1 heterocycles. The SMILES string of the molecule is CNC(=O)c1ccc(N)c(NC2CCOC2)c1. The molecule has 1 unspecified atom stereocenters. The molecule has 1 saturated heterocycles. The van der Waals surface area contributed by atoms with Gasteiger partial charge in [0.25, 0.3) is 5.91 Å². The molecule has 1 aromatic carbocycles. The van der Waals surface area contributed by atoms with Crippen LogP contribution < -0.4 is 16.4 Å². The summed E-state index contributed by atoms with van der Waals surface area (Å²) in [7, 11) is 1.61. The molecule has 0 aromatic heterocycles. The zero-order valence-electron chi connectivity index (χ0n) is 9.82. The van der Waals surface area contributed by atoms with E-state index in [1.54, 1.807) is 25.2 Å². The Hall–Kier alpha value is -1.75. The van der Waals surface area contributed by atoms with Crippen molar-refractivity contribution in [2.24, 2.45) is 0 Å². The molecule has 0 bridgehead atoms. The number of nitrogen functional groups attached to an aromatic ring is 1. The minimum atomic E-state index is -0.115. The molecule has 0 radical (unpaired) electrons. The van der Waals surface area contributed by atoms with Gasteiger partial charge in [-0.3, -0.25) is 4.79 Å². The standard InChI is InChI=1S/C12H17N3O2/c1-14-12(16)8-2-3-10(13)11(6-8)15-9-4-5-17-7-9/h2-3,6,9,15H,4-5,7,13H2,1H3,(H,14,16). The van der Waals surface area contributed by atoms with E-state index in [-0.39, 0.29) is 11.9 Å². The van der Waals surface area contributed by atoms with Crippen molar-refractivity contribution in [3.8, 4) is 0 Å². The molecule has 2 rings (SSSR count). The fourth-order valence-corrected chi connectivity index (χ4v) is 1.84. The minimum Gasteiger partial charge on any atom is -0.397 e. The monoisotopic (exact) mass is 235 g/mol. The van der Waals surface area contributed by atoms with Crippen LogP contribution in [0.15, 0.2) is 18.2 Å². The Morgan fingerprint density at radius 1 is 1.53 bits per heavy atom. The highest BCUT2D eigenvalue weighted by Crippen LogP contribution is 2.22. The second-order valence-corrected chi connectivity index (χ2v) is 4.09. The van der Waals surface area contributed by atoms with Crippen molar-refractivity contribution >= 4 is 17.3 Å². The topological polar surface area (TPSA) is 76.4 Å². The van der Waals surface area contributed by atoms with Crippen LogP contribution in [0.1, 0.15) is 16.8 Å². The molecule has 1 aromatic rings. The van der Waals surface area contributed by atoms with Gasteiger partial charge in [-0.1, -0.05) is 0 Å². The zero-order chi connectivity index (χ0) is 12.3. The lowest BCUT2D eigenvalue weighted by Crippen LogP contribution is -2.21. The van der Waals surface area contributed by atoms with Gasteiger partial charge in [-0.2, -0.15) is 0 Å². The minimum absolute atomic E-state index is 0.115. The zero-order valence-corrected chi connectivity index (χ0v) is 9.82. The predicted molar refractivity (Wildman–Crippen MR) is 67.1 cm³/mol. The second kappa shape index (κ2) is 5.05. The van der Waals surface area contributed by atoms with Crippen molar-refractivity contribution in [3.05, 3.63) is 23.8 Å². The average molecular weight is 235 g/mol. The van der Waals surface area contributed by atoms with Crippen LogP contribution in [0.5, 0.6) is 0 Å². The molecule has 1 fully saturated rings. The summed E-state index contributed by atoms with van der Waals surface area (Å²) in [5.41, 5.74) is 7.91. The molecule has 1 aliphatic rings. The molecular weight excluding hydrogens is 218 g/mol. The lowest BCUT2D eigenvalue weighted by atomic mass is 10.1. The van der Waals surface area contributed by atoms with Crippen LogP contribution >= 0.6 is 0 Å². The van der Waals surface area contributed by atoms with Gasteiger partial charge < -0.3 is 21.1 Å². The molecule has 4 N–H and O–H groups in total. The maximum atomic E-state index is 11.5. The third kappa shape index (κ3) is 2.68. The van der Waals surface area contributed by atoms with Crippen LogP contribution in [0.3, 0.4) is 0 Å². The Morgan fingerprint density at radius 2 is 2.35 bits per heavy atom. The van der Waals surface area contributed by atoms with E-state index in [0.717, 1.165) is 18.7 Å². The average Bonchev–Trinajstić information content (AvgIpc) is 2.84. The summed E-state index contributed by atoms with van der Waals surface area (Å²) >= 11 is 0. The third-order valence-corrected chi connectivity index (χ3v) is 2.83. The first kappa shape index (κ1) is 11.7. The van der Waals surface area contributed by atoms with E-state index in [9.17, 15) is 4.79 Å². The lowest BCUT2D eigenvalue weighted by molar-refractivity contribution is 0.0963. The predicted octanol–water partition coefficient (Wildman–Crippen LogP) is 0.829. The van der Waals surface area contributed by atoms with Gasteiger partial charge in [0, 0.05) is 19.2 Å². The van der Waals surface area contributed by atoms with Crippen molar-refractivity contribution in [2.75, 3.05) is 31.3 Å². The second-order valence-electron chi connectivity index (χ2n) is 4.09. The lowest BCUT2D eigenvalue weighted by Gasteiger charge is -2.15. The van der Waals surface area contributed by atoms with Gasteiger partial charge in [0.15, 0.2) is 0 Å². The van der Waals surface area contributed by atoms with Gasteiger partial charge >= 0.3 is 0 Å². The van der Waals surface area contributed by atoms with Gasteiger partial charge in [0.2, 0.25) is 0 Å². The summed E-state index contributed by atoms with van der Waals surface area (Å²) in [6, 6.07) is 5.50. The number of carbonyl (C=O) groups is 1. The normalized spacial score (nSPS) is 19.0. The smallest absolute Gasteiger partial charge is 0.251 e. The van der Waals surface area contributed by atoms with Crippen LogP contribution in [-0.2, 0) is 4.74 Å². The first-order valence-corrected chi connectivity index (χ1v) is 5.66. The van der Waals surface area contributed by atoms with Crippen molar-refractivity contribution in [3.63, 3.8) is 0 Å². The highest BCUT2D eigenvalue weighted by Gasteiger charge is 2.16. The van der Waals surface area contributed by atoms with Crippen molar-refractivity contribution in [1.82, 2.24) is 5.32 Å². The molecule has 0 spiro atoms. The largest absolute Gasteiger partial charge is 0.397 e. The molecule has 17 heavy (non-hydrogen) atoms. The first-order chi connectivity index (χ1) is 8.20. The molecule has 5 nitrogen and oxygen atoms in total. The number of benzene rings is 1. The summed E-state index contributed by atoms with van der Waals surface area (Å²) in [6.07, 6.45) is 0.962. The number of nitrogens with one attached hydrogen (secondary N) is 2. The van der Waals surface area contributed by atoms with E-state index in [0.29, 0.717) is 17.9 Å². The van der Waals surface area contributed by atoms with Crippen molar-refractivity contribution in [1.29, 1.82) is 0 Å². The third-order valence-electron chi connectivity index (χ3n) is 2.83. The van der Waals surface area contributed by atoms with E-state index < -0.39 is 0 Å². The van der Waals surface area contributed by atoms with Crippen LogP contribution in [-0.4, -0.2) is 32.2 Å². The number of nitrogens with two attached hydrogens (primary N) is 1. The summed E-state index contributed by atoms with van der Waals surface area (Å²) in [4.78, 5) is 11.5. The fraction of sp³-hybridized carbons (Fsp3) is 0.417. The Morgan fingerprint density at radius 3 is 3.00 bits per heavy atom. The summed E-state index contributed by atoms with van der Waals surface area (Å²) in [5.74, 6) is -0.115. The van der Waals surface area contributed by atoms with Crippen LogP contribution in [0.4, 0.5) is 11.4 Å². The fourth-order valence-electron chi connectivity index (χ4n) is 1.84. The molecule has 1 amide bonds. The Balaban J connectivity index is 2.16. The van der Waals surface area contributed by atoms with Crippen molar-refractivity contribution < 1.29 is 9.53 Å². The molecular formula is C12H17N3O2. The van der Waals surface area contributed by atoms with E-state index >= 15 is 0 Å². The molecule has 5 heteroatoms. The number of ether oxygens (including phenoxy) is 1. The number of anilines is 2. The maximum Gasteiger partial charge on any atom is 0.251 e. The maximum absolute atomic E-state index is 11.5.